The minimum absolute atomic E-state index is 0.0785. The van der Waals surface area contributed by atoms with E-state index in [0.717, 1.165) is 22.9 Å². The first kappa shape index (κ1) is 19.9. The highest BCUT2D eigenvalue weighted by atomic mass is 32.2. The highest BCUT2D eigenvalue weighted by Crippen LogP contribution is 2.22. The maximum Gasteiger partial charge on any atom is 0.343 e. The van der Waals surface area contributed by atoms with Crippen LogP contribution in [0.15, 0.2) is 44.8 Å². The molecule has 0 fully saturated rings. The Morgan fingerprint density at radius 3 is 2.89 bits per heavy atom. The lowest BCUT2D eigenvalue weighted by Gasteiger charge is -2.04. The molecule has 148 valence electrons. The minimum Gasteiger partial charge on any atom is -0.385 e. The van der Waals surface area contributed by atoms with Gasteiger partial charge in [0.25, 0.3) is 0 Å². The monoisotopic (exact) mass is 403 g/mol. The molecule has 2 heterocycles. The highest BCUT2D eigenvalue weighted by Gasteiger charge is 2.13. The van der Waals surface area contributed by atoms with E-state index in [9.17, 15) is 9.59 Å². The van der Waals surface area contributed by atoms with Crippen molar-refractivity contribution in [2.24, 2.45) is 0 Å². The summed E-state index contributed by atoms with van der Waals surface area (Å²) in [5, 5.41) is 13.4. The lowest BCUT2D eigenvalue weighted by atomic mass is 10.1. The average molecular weight is 403 g/mol. The summed E-state index contributed by atoms with van der Waals surface area (Å²) < 4.78 is 11.7. The second-order valence-corrected chi connectivity index (χ2v) is 7.03. The zero-order valence-electron chi connectivity index (χ0n) is 15.6. The topological polar surface area (TPSA) is 115 Å². The number of benzene rings is 1. The molecule has 1 amide bonds. The summed E-state index contributed by atoms with van der Waals surface area (Å²) >= 11 is 1.16. The van der Waals surface area contributed by atoms with Crippen LogP contribution in [0.3, 0.4) is 0 Å². The van der Waals surface area contributed by atoms with Gasteiger partial charge < -0.3 is 9.26 Å². The van der Waals surface area contributed by atoms with Crippen LogP contribution in [0.25, 0.3) is 11.3 Å². The number of H-pyrrole nitrogens is 1. The van der Waals surface area contributed by atoms with Crippen LogP contribution in [0.1, 0.15) is 12.0 Å². The average Bonchev–Trinajstić information content (AvgIpc) is 3.28. The van der Waals surface area contributed by atoms with Gasteiger partial charge in [-0.1, -0.05) is 46.7 Å². The number of aromatic amines is 1. The first-order valence-electron chi connectivity index (χ1n) is 8.67. The molecule has 0 saturated carbocycles. The van der Waals surface area contributed by atoms with Crippen molar-refractivity contribution in [1.29, 1.82) is 0 Å². The molecule has 2 N–H and O–H groups in total. The first-order valence-corrected chi connectivity index (χ1v) is 9.66. The van der Waals surface area contributed by atoms with Crippen LogP contribution in [0.2, 0.25) is 0 Å². The predicted molar refractivity (Wildman–Crippen MR) is 105 cm³/mol. The Morgan fingerprint density at radius 1 is 1.36 bits per heavy atom. The van der Waals surface area contributed by atoms with Gasteiger partial charge in [-0.15, -0.1) is 5.10 Å². The summed E-state index contributed by atoms with van der Waals surface area (Å²) in [6.45, 7) is 3.01. The number of methoxy groups -OCH3 is 1. The molecule has 0 bridgehead atoms. The number of ether oxygens (including phenoxy) is 1. The van der Waals surface area contributed by atoms with Gasteiger partial charge in [-0.3, -0.25) is 14.7 Å². The summed E-state index contributed by atoms with van der Waals surface area (Å²) in [4.78, 5) is 24.0. The number of anilines is 1. The molecule has 3 aromatic rings. The van der Waals surface area contributed by atoms with E-state index in [4.69, 9.17) is 9.26 Å². The number of carbonyl (C=O) groups is 1. The summed E-state index contributed by atoms with van der Waals surface area (Å²) in [7, 11) is 1.60. The molecule has 10 heteroatoms. The van der Waals surface area contributed by atoms with Crippen molar-refractivity contribution in [2.75, 3.05) is 24.8 Å². The summed E-state index contributed by atoms with van der Waals surface area (Å²) in [5.74, 6) is 0.0611. The number of nitrogens with one attached hydrogen (secondary N) is 2. The number of thioether (sulfide) groups is 1. The fourth-order valence-electron chi connectivity index (χ4n) is 2.48. The molecule has 0 unspecified atom stereocenters. The van der Waals surface area contributed by atoms with Crippen LogP contribution in [-0.2, 0) is 16.1 Å². The Hall–Kier alpha value is -2.85. The number of carbonyl (C=O) groups excluding carboxylic acids is 1. The minimum atomic E-state index is -0.308. The van der Waals surface area contributed by atoms with Gasteiger partial charge >= 0.3 is 5.69 Å². The molecule has 0 atom stereocenters. The number of nitrogens with zero attached hydrogens (tertiary/aromatic N) is 3. The second-order valence-electron chi connectivity index (χ2n) is 6.09. The van der Waals surface area contributed by atoms with E-state index in [1.165, 1.54) is 4.57 Å². The molecular weight excluding hydrogens is 382 g/mol. The molecule has 0 saturated heterocycles. The molecule has 3 rings (SSSR count). The maximum atomic E-state index is 12.2. The fourth-order valence-corrected chi connectivity index (χ4v) is 3.25. The van der Waals surface area contributed by atoms with E-state index in [1.807, 2.05) is 31.2 Å². The zero-order chi connectivity index (χ0) is 19.9. The first-order chi connectivity index (χ1) is 13.6. The standard InChI is InChI=1S/C18H21N5O4S/c1-12-4-6-13(7-5-12)14-10-16(27-22-14)19-15(24)11-28-18-21-20-17(25)23(18)8-3-9-26-2/h4-7,10H,3,8-9,11H2,1-2H3,(H,19,24)(H,20,25). The number of amides is 1. The number of rotatable bonds is 9. The van der Waals surface area contributed by atoms with Crippen molar-refractivity contribution in [1.82, 2.24) is 19.9 Å². The van der Waals surface area contributed by atoms with Crippen molar-refractivity contribution in [3.63, 3.8) is 0 Å². The predicted octanol–water partition coefficient (Wildman–Crippen LogP) is 2.30. The molecular formula is C18H21N5O4S. The Labute approximate surface area is 165 Å². The van der Waals surface area contributed by atoms with Crippen molar-refractivity contribution in [2.45, 2.75) is 25.0 Å². The quantitative estimate of drug-likeness (QED) is 0.416. The normalized spacial score (nSPS) is 10.9. The number of hydrogen-bond donors (Lipinski definition) is 2. The number of aromatic nitrogens is 4. The van der Waals surface area contributed by atoms with Crippen LogP contribution >= 0.6 is 11.8 Å². The lowest BCUT2D eigenvalue weighted by molar-refractivity contribution is -0.113. The Morgan fingerprint density at radius 2 is 2.14 bits per heavy atom. The Balaban J connectivity index is 1.55. The molecule has 2 aromatic heterocycles. The van der Waals surface area contributed by atoms with Crippen LogP contribution in [-0.4, -0.2) is 45.3 Å². The molecule has 0 aliphatic rings. The van der Waals surface area contributed by atoms with Gasteiger partial charge in [-0.05, 0) is 13.3 Å². The summed E-state index contributed by atoms with van der Waals surface area (Å²) in [6, 6.07) is 9.51. The third-order valence-electron chi connectivity index (χ3n) is 3.91. The van der Waals surface area contributed by atoms with E-state index < -0.39 is 0 Å². The van der Waals surface area contributed by atoms with Gasteiger partial charge in [0.05, 0.1) is 5.75 Å². The Kier molecular flexibility index (Phi) is 6.66. The van der Waals surface area contributed by atoms with Crippen molar-refractivity contribution >= 4 is 23.6 Å². The highest BCUT2D eigenvalue weighted by molar-refractivity contribution is 7.99. The largest absolute Gasteiger partial charge is 0.385 e. The molecule has 0 spiro atoms. The molecule has 9 nitrogen and oxygen atoms in total. The van der Waals surface area contributed by atoms with E-state index in [-0.39, 0.29) is 23.2 Å². The van der Waals surface area contributed by atoms with Gasteiger partial charge in [0.15, 0.2) is 5.16 Å². The summed E-state index contributed by atoms with van der Waals surface area (Å²) in [5.41, 5.74) is 2.39. The van der Waals surface area contributed by atoms with Crippen molar-refractivity contribution in [3.8, 4) is 11.3 Å². The molecule has 0 aliphatic heterocycles. The third kappa shape index (κ3) is 5.11. The third-order valence-corrected chi connectivity index (χ3v) is 4.88. The van der Waals surface area contributed by atoms with E-state index in [1.54, 1.807) is 13.2 Å². The van der Waals surface area contributed by atoms with E-state index in [2.05, 4.69) is 20.7 Å². The number of aryl methyl sites for hydroxylation is 1. The molecule has 0 radical (unpaired) electrons. The number of hydrogen-bond acceptors (Lipinski definition) is 7. The molecule has 28 heavy (non-hydrogen) atoms. The summed E-state index contributed by atoms with van der Waals surface area (Å²) in [6.07, 6.45) is 0.676. The Bertz CT molecular complexity index is 977. The lowest BCUT2D eigenvalue weighted by Crippen LogP contribution is -2.19. The van der Waals surface area contributed by atoms with Gasteiger partial charge in [0.2, 0.25) is 11.8 Å². The SMILES string of the molecule is COCCCn1c(SCC(=O)Nc2cc(-c3ccc(C)cc3)no2)n[nH]c1=O. The van der Waals surface area contributed by atoms with Gasteiger partial charge in [0, 0.05) is 31.9 Å². The van der Waals surface area contributed by atoms with Crippen LogP contribution in [0, 0.1) is 6.92 Å². The van der Waals surface area contributed by atoms with Crippen molar-refractivity contribution < 1.29 is 14.1 Å². The van der Waals surface area contributed by atoms with E-state index >= 15 is 0 Å². The van der Waals surface area contributed by atoms with Crippen molar-refractivity contribution in [3.05, 3.63) is 46.4 Å². The molecule has 0 aliphatic carbocycles. The fraction of sp³-hybridized carbons (Fsp3) is 0.333. The molecule has 1 aromatic carbocycles. The van der Waals surface area contributed by atoms with Crippen LogP contribution in [0.5, 0.6) is 0 Å². The van der Waals surface area contributed by atoms with E-state index in [0.29, 0.717) is 30.4 Å². The van der Waals surface area contributed by atoms with Gasteiger partial charge in [-0.2, -0.15) is 0 Å². The second kappa shape index (κ2) is 9.38. The van der Waals surface area contributed by atoms with Gasteiger partial charge in [0.1, 0.15) is 5.69 Å². The van der Waals surface area contributed by atoms with Crippen LogP contribution in [0.4, 0.5) is 5.88 Å². The van der Waals surface area contributed by atoms with Gasteiger partial charge in [-0.25, -0.2) is 9.89 Å². The van der Waals surface area contributed by atoms with Crippen LogP contribution < -0.4 is 11.0 Å². The zero-order valence-corrected chi connectivity index (χ0v) is 16.4. The smallest absolute Gasteiger partial charge is 0.343 e. The maximum absolute atomic E-state index is 12.2.